The van der Waals surface area contributed by atoms with Crippen molar-refractivity contribution in [2.24, 2.45) is 0 Å². The van der Waals surface area contributed by atoms with Crippen LogP contribution in [0.1, 0.15) is 30.1 Å². The maximum atomic E-state index is 4.52. The number of nitrogens with zero attached hydrogens (tertiary/aromatic N) is 4. The number of rotatable bonds is 2. The number of benzene rings is 1. The van der Waals surface area contributed by atoms with E-state index in [1.165, 1.54) is 6.42 Å². The molecule has 0 spiro atoms. The van der Waals surface area contributed by atoms with Crippen LogP contribution < -0.4 is 5.32 Å². The molecule has 5 heteroatoms. The normalized spacial score (nSPS) is 19.9. The van der Waals surface area contributed by atoms with Crippen molar-refractivity contribution in [3.63, 3.8) is 0 Å². The molecule has 0 bridgehead atoms. The van der Waals surface area contributed by atoms with Crippen LogP contribution in [0.25, 0.3) is 5.69 Å². The Kier molecular flexibility index (Phi) is 3.06. The number of aryl methyl sites for hydroxylation is 1. The van der Waals surface area contributed by atoms with E-state index in [1.54, 1.807) is 4.80 Å². The van der Waals surface area contributed by atoms with Gasteiger partial charge in [-0.1, -0.05) is 18.2 Å². The van der Waals surface area contributed by atoms with Gasteiger partial charge in [-0.2, -0.15) is 0 Å². The van der Waals surface area contributed by atoms with Crippen LogP contribution in [0.5, 0.6) is 0 Å². The maximum Gasteiger partial charge on any atom is 0.179 e. The molecule has 1 fully saturated rings. The minimum absolute atomic E-state index is 0.400. The SMILES string of the molecule is Cc1ccccc1-n1nnc(C2CCCNC2)n1. The topological polar surface area (TPSA) is 55.6 Å². The van der Waals surface area contributed by atoms with Gasteiger partial charge in [0.15, 0.2) is 5.82 Å². The summed E-state index contributed by atoms with van der Waals surface area (Å²) in [5, 5.41) is 16.3. The molecule has 94 valence electrons. The predicted octanol–water partition coefficient (Wildman–Crippen LogP) is 1.44. The van der Waals surface area contributed by atoms with Crippen LogP contribution >= 0.6 is 0 Å². The third-order valence-electron chi connectivity index (χ3n) is 3.42. The van der Waals surface area contributed by atoms with Gasteiger partial charge in [-0.15, -0.1) is 15.0 Å². The molecule has 3 rings (SSSR count). The molecule has 2 heterocycles. The maximum absolute atomic E-state index is 4.52. The Hall–Kier alpha value is -1.75. The quantitative estimate of drug-likeness (QED) is 0.867. The first-order valence-corrected chi connectivity index (χ1v) is 6.41. The number of hydrogen-bond acceptors (Lipinski definition) is 4. The Bertz CT molecular complexity index is 528. The van der Waals surface area contributed by atoms with Gasteiger partial charge < -0.3 is 5.32 Å². The lowest BCUT2D eigenvalue weighted by Gasteiger charge is -2.19. The average molecular weight is 243 g/mol. The van der Waals surface area contributed by atoms with E-state index in [4.69, 9.17) is 0 Å². The summed E-state index contributed by atoms with van der Waals surface area (Å²) in [4.78, 5) is 1.64. The molecule has 1 aliphatic heterocycles. The Morgan fingerprint density at radius 3 is 3.00 bits per heavy atom. The van der Waals surface area contributed by atoms with E-state index < -0.39 is 0 Å². The van der Waals surface area contributed by atoms with Crippen molar-refractivity contribution in [1.82, 2.24) is 25.5 Å². The van der Waals surface area contributed by atoms with Gasteiger partial charge >= 0.3 is 0 Å². The Balaban J connectivity index is 1.87. The van der Waals surface area contributed by atoms with Gasteiger partial charge in [0.05, 0.1) is 5.69 Å². The lowest BCUT2D eigenvalue weighted by molar-refractivity contribution is 0.446. The summed E-state index contributed by atoms with van der Waals surface area (Å²) in [5.41, 5.74) is 2.16. The minimum atomic E-state index is 0.400. The monoisotopic (exact) mass is 243 g/mol. The fourth-order valence-corrected chi connectivity index (χ4v) is 2.35. The van der Waals surface area contributed by atoms with Gasteiger partial charge in [0.2, 0.25) is 0 Å². The molecule has 1 N–H and O–H groups in total. The predicted molar refractivity (Wildman–Crippen MR) is 68.7 cm³/mol. The van der Waals surface area contributed by atoms with E-state index in [1.807, 2.05) is 18.2 Å². The van der Waals surface area contributed by atoms with Crippen molar-refractivity contribution in [1.29, 1.82) is 0 Å². The lowest BCUT2D eigenvalue weighted by Crippen LogP contribution is -2.29. The highest BCUT2D eigenvalue weighted by atomic mass is 15.6. The molecule has 5 nitrogen and oxygen atoms in total. The van der Waals surface area contributed by atoms with Crippen LogP contribution in [-0.4, -0.2) is 33.3 Å². The first-order chi connectivity index (χ1) is 8.84. The summed E-state index contributed by atoms with van der Waals surface area (Å²) in [7, 11) is 0. The molecule has 1 saturated heterocycles. The smallest absolute Gasteiger partial charge is 0.179 e. The Morgan fingerprint density at radius 2 is 2.22 bits per heavy atom. The highest BCUT2D eigenvalue weighted by Gasteiger charge is 2.20. The van der Waals surface area contributed by atoms with E-state index in [0.29, 0.717) is 5.92 Å². The van der Waals surface area contributed by atoms with Gasteiger partial charge in [-0.05, 0) is 43.2 Å². The summed E-state index contributed by atoms with van der Waals surface area (Å²) >= 11 is 0. The summed E-state index contributed by atoms with van der Waals surface area (Å²) in [5.74, 6) is 1.25. The number of hydrogen-bond donors (Lipinski definition) is 1. The summed E-state index contributed by atoms with van der Waals surface area (Å²) in [6.45, 7) is 4.11. The third-order valence-corrected chi connectivity index (χ3v) is 3.42. The van der Waals surface area contributed by atoms with Crippen LogP contribution in [0.3, 0.4) is 0 Å². The minimum Gasteiger partial charge on any atom is -0.316 e. The molecule has 1 atom stereocenters. The zero-order valence-electron chi connectivity index (χ0n) is 10.5. The van der Waals surface area contributed by atoms with Crippen molar-refractivity contribution in [2.75, 3.05) is 13.1 Å². The van der Waals surface area contributed by atoms with E-state index in [9.17, 15) is 0 Å². The number of para-hydroxylation sites is 1. The highest BCUT2D eigenvalue weighted by Crippen LogP contribution is 2.20. The summed E-state index contributed by atoms with van der Waals surface area (Å²) in [6, 6.07) is 8.08. The molecule has 0 radical (unpaired) electrons. The van der Waals surface area contributed by atoms with Crippen LogP contribution in [-0.2, 0) is 0 Å². The van der Waals surface area contributed by atoms with Gasteiger partial charge in [-0.3, -0.25) is 0 Å². The average Bonchev–Trinajstić information content (AvgIpc) is 2.90. The second-order valence-electron chi connectivity index (χ2n) is 4.77. The third kappa shape index (κ3) is 2.13. The fourth-order valence-electron chi connectivity index (χ4n) is 2.35. The van der Waals surface area contributed by atoms with Crippen LogP contribution in [0.2, 0.25) is 0 Å². The molecule has 0 amide bonds. The van der Waals surface area contributed by atoms with E-state index in [2.05, 4.69) is 33.7 Å². The van der Waals surface area contributed by atoms with E-state index >= 15 is 0 Å². The second-order valence-corrected chi connectivity index (χ2v) is 4.77. The number of nitrogens with one attached hydrogen (secondary N) is 1. The molecule has 1 aliphatic rings. The molecule has 2 aromatic rings. The first kappa shape index (κ1) is 11.3. The fraction of sp³-hybridized carbons (Fsp3) is 0.462. The molecule has 1 unspecified atom stereocenters. The first-order valence-electron chi connectivity index (χ1n) is 6.41. The van der Waals surface area contributed by atoms with E-state index in [0.717, 1.165) is 36.6 Å². The van der Waals surface area contributed by atoms with Crippen molar-refractivity contribution < 1.29 is 0 Å². The lowest BCUT2D eigenvalue weighted by atomic mass is 9.99. The zero-order valence-corrected chi connectivity index (χ0v) is 10.5. The molecular formula is C13H17N5. The van der Waals surface area contributed by atoms with Crippen LogP contribution in [0.4, 0.5) is 0 Å². The largest absolute Gasteiger partial charge is 0.316 e. The van der Waals surface area contributed by atoms with E-state index in [-0.39, 0.29) is 0 Å². The van der Waals surface area contributed by atoms with Gasteiger partial charge in [0, 0.05) is 12.5 Å². The summed E-state index contributed by atoms with van der Waals surface area (Å²) in [6.07, 6.45) is 2.33. The van der Waals surface area contributed by atoms with Gasteiger partial charge in [-0.25, -0.2) is 0 Å². The Labute approximate surface area is 106 Å². The van der Waals surface area contributed by atoms with Crippen molar-refractivity contribution >= 4 is 0 Å². The number of aromatic nitrogens is 4. The van der Waals surface area contributed by atoms with Crippen LogP contribution in [0.15, 0.2) is 24.3 Å². The Morgan fingerprint density at radius 1 is 1.33 bits per heavy atom. The molecule has 1 aromatic heterocycles. The van der Waals surface area contributed by atoms with Gasteiger partial charge in [0.1, 0.15) is 0 Å². The van der Waals surface area contributed by atoms with Crippen molar-refractivity contribution in [2.45, 2.75) is 25.7 Å². The van der Waals surface area contributed by atoms with Crippen molar-refractivity contribution in [3.05, 3.63) is 35.7 Å². The summed E-state index contributed by atoms with van der Waals surface area (Å²) < 4.78 is 0. The molecule has 0 aliphatic carbocycles. The molecule has 0 saturated carbocycles. The number of piperidine rings is 1. The van der Waals surface area contributed by atoms with Crippen molar-refractivity contribution in [3.8, 4) is 5.69 Å². The van der Waals surface area contributed by atoms with Gasteiger partial charge in [0.25, 0.3) is 0 Å². The second kappa shape index (κ2) is 4.86. The molecule has 1 aromatic carbocycles. The number of tetrazole rings is 1. The highest BCUT2D eigenvalue weighted by molar-refractivity contribution is 5.37. The standard InChI is InChI=1S/C13H17N5/c1-10-5-2-3-7-12(10)18-16-13(15-17-18)11-6-4-8-14-9-11/h2-3,5,7,11,14H,4,6,8-9H2,1H3. The molecular weight excluding hydrogens is 226 g/mol. The van der Waals surface area contributed by atoms with Crippen LogP contribution in [0, 0.1) is 6.92 Å². The molecule has 18 heavy (non-hydrogen) atoms. The zero-order chi connectivity index (χ0) is 12.4.